The van der Waals surface area contributed by atoms with Gasteiger partial charge in [-0.15, -0.1) is 22.7 Å². The van der Waals surface area contributed by atoms with Crippen LogP contribution < -0.4 is 9.80 Å². The van der Waals surface area contributed by atoms with Crippen LogP contribution in [0.3, 0.4) is 0 Å². The molecule has 6 heterocycles. The van der Waals surface area contributed by atoms with E-state index in [0.29, 0.717) is 0 Å². The van der Waals surface area contributed by atoms with E-state index < -0.39 is 10.8 Å². The quantitative estimate of drug-likeness (QED) is 0.176. The van der Waals surface area contributed by atoms with Gasteiger partial charge in [-0.25, -0.2) is 0 Å². The topological polar surface area (TPSA) is 32.8 Å². The molecule has 3 aliphatic rings. The van der Waals surface area contributed by atoms with Gasteiger partial charge in [-0.2, -0.15) is 0 Å². The number of furan rings is 2. The van der Waals surface area contributed by atoms with Crippen molar-refractivity contribution in [2.24, 2.45) is 0 Å². The van der Waals surface area contributed by atoms with Gasteiger partial charge in [0.2, 0.25) is 0 Å². The fraction of sp³-hybridized carbons (Fsp3) is 0.0286. The summed E-state index contributed by atoms with van der Waals surface area (Å²) in [6, 6.07) is 93.3. The Hall–Kier alpha value is -9.20. The molecule has 2 aliphatic heterocycles. The zero-order valence-corrected chi connectivity index (χ0v) is 42.4. The molecule has 356 valence electrons. The van der Waals surface area contributed by atoms with Crippen molar-refractivity contribution in [1.82, 2.24) is 0 Å². The molecule has 4 aromatic heterocycles. The molecular formula is C70H42N2O2S2. The van der Waals surface area contributed by atoms with Crippen LogP contribution in [0.4, 0.5) is 34.1 Å². The molecular weight excluding hydrogens is 965 g/mol. The lowest BCUT2D eigenvalue weighted by Crippen LogP contribution is -2.48. The van der Waals surface area contributed by atoms with Gasteiger partial charge in [-0.3, -0.25) is 0 Å². The van der Waals surface area contributed by atoms with Crippen LogP contribution >= 0.6 is 22.7 Å². The van der Waals surface area contributed by atoms with E-state index in [1.807, 2.05) is 22.7 Å². The lowest BCUT2D eigenvalue weighted by molar-refractivity contribution is 0.400. The first-order chi connectivity index (χ1) is 37.7. The van der Waals surface area contributed by atoms with E-state index in [4.69, 9.17) is 8.83 Å². The molecule has 76 heavy (non-hydrogen) atoms. The number of thiophene rings is 2. The Bertz CT molecular complexity index is 4250. The summed E-state index contributed by atoms with van der Waals surface area (Å²) in [4.78, 5) is 4.87. The van der Waals surface area contributed by atoms with E-state index in [1.165, 1.54) is 40.3 Å². The number of rotatable bonds is 4. The second-order valence-corrected chi connectivity index (χ2v) is 22.3. The average Bonchev–Trinajstić information content (AvgIpc) is 3.48. The highest BCUT2D eigenvalue weighted by atomic mass is 32.1. The van der Waals surface area contributed by atoms with Gasteiger partial charge in [0.1, 0.15) is 33.9 Å². The number of para-hydroxylation sites is 6. The number of hydrogen-bond donors (Lipinski definition) is 0. The van der Waals surface area contributed by atoms with Crippen molar-refractivity contribution < 1.29 is 8.83 Å². The second-order valence-electron chi connectivity index (χ2n) is 20.2. The summed E-state index contributed by atoms with van der Waals surface area (Å²) in [7, 11) is 0. The Morgan fingerprint density at radius 1 is 0.289 bits per heavy atom. The number of anilines is 6. The molecule has 0 amide bonds. The predicted octanol–water partition coefficient (Wildman–Crippen LogP) is 19.6. The van der Waals surface area contributed by atoms with Gasteiger partial charge in [0.05, 0.1) is 22.7 Å². The van der Waals surface area contributed by atoms with E-state index in [1.54, 1.807) is 0 Å². The first kappa shape index (κ1) is 42.2. The fourth-order valence-corrected chi connectivity index (χ4v) is 16.0. The minimum Gasteiger partial charge on any atom is -0.459 e. The standard InChI is InChI=1S/C70H42N2O2S2/c1-3-21-43(22-4-1)71-57-35-13-9-31-51(57)69(52-32-10-14-36-58(52)71)55-41-61(49-29-19-27-47-45-25-7-17-39-63(45)75-65(47)49)74-68(55)70(53-33-11-15-37-59(53)72(44-23-5-2-6-24-44)60-38-16-12-34-54(60)70)56-42-62(73-67(56)69)50-30-20-28-48-46-26-8-18-40-64(46)76-66(48)50/h1-42H. The third-order valence-electron chi connectivity index (χ3n) is 16.5. The lowest BCUT2D eigenvalue weighted by atomic mass is 9.53. The molecule has 0 atom stereocenters. The number of hydrogen-bond acceptors (Lipinski definition) is 6. The molecule has 0 fully saturated rings. The fourth-order valence-electron chi connectivity index (χ4n) is 13.6. The Balaban J connectivity index is 1.07. The van der Waals surface area contributed by atoms with Crippen LogP contribution in [0.1, 0.15) is 44.9 Å². The molecule has 0 radical (unpaired) electrons. The van der Waals surface area contributed by atoms with Crippen LogP contribution in [0.15, 0.2) is 264 Å². The SMILES string of the molecule is c1ccc(N2c3ccccc3C3(c4ccccc42)c2cc(-c4cccc5c4sc4ccccc45)oc2C2(c4ccccc4N(c4ccccc4)c4ccccc42)c2cc(-c4cccc5c4sc4ccccc45)oc23)cc1. The van der Waals surface area contributed by atoms with E-state index in [9.17, 15) is 0 Å². The van der Waals surface area contributed by atoms with Crippen molar-refractivity contribution in [3.05, 3.63) is 300 Å². The van der Waals surface area contributed by atoms with E-state index in [0.717, 1.165) is 102 Å². The summed E-state index contributed by atoms with van der Waals surface area (Å²) in [5.41, 5.74) is 13.2. The molecule has 10 aromatic carbocycles. The summed E-state index contributed by atoms with van der Waals surface area (Å²) < 4.78 is 21.2. The molecule has 0 saturated heterocycles. The van der Waals surface area contributed by atoms with Crippen LogP contribution in [-0.4, -0.2) is 0 Å². The van der Waals surface area contributed by atoms with Crippen molar-refractivity contribution in [3.63, 3.8) is 0 Å². The van der Waals surface area contributed by atoms with Crippen LogP contribution in [-0.2, 0) is 10.8 Å². The number of fused-ring (bicyclic) bond motifs is 20. The Morgan fingerprint density at radius 2 is 0.618 bits per heavy atom. The maximum absolute atomic E-state index is 8.13. The van der Waals surface area contributed by atoms with Gasteiger partial charge in [0.15, 0.2) is 0 Å². The maximum Gasteiger partial charge on any atom is 0.136 e. The predicted molar refractivity (Wildman–Crippen MR) is 314 cm³/mol. The zero-order chi connectivity index (χ0) is 49.7. The highest BCUT2D eigenvalue weighted by Crippen LogP contribution is 2.70. The van der Waals surface area contributed by atoms with E-state index in [-0.39, 0.29) is 0 Å². The van der Waals surface area contributed by atoms with Gasteiger partial charge < -0.3 is 18.6 Å². The maximum atomic E-state index is 8.13. The van der Waals surface area contributed by atoms with Crippen LogP contribution in [0.5, 0.6) is 0 Å². The van der Waals surface area contributed by atoms with Gasteiger partial charge in [0, 0.05) is 74.0 Å². The Labute approximate surface area is 446 Å². The van der Waals surface area contributed by atoms with Crippen molar-refractivity contribution in [1.29, 1.82) is 0 Å². The normalized spacial score (nSPS) is 14.5. The molecule has 0 N–H and O–H groups in total. The second kappa shape index (κ2) is 15.7. The summed E-state index contributed by atoms with van der Waals surface area (Å²) in [6.45, 7) is 0. The van der Waals surface area contributed by atoms with Crippen LogP contribution in [0, 0.1) is 0 Å². The molecule has 6 heteroatoms. The lowest BCUT2D eigenvalue weighted by Gasteiger charge is -2.52. The van der Waals surface area contributed by atoms with Crippen LogP contribution in [0.2, 0.25) is 0 Å². The molecule has 2 spiro atoms. The summed E-state index contributed by atoms with van der Waals surface area (Å²) in [6.07, 6.45) is 0. The van der Waals surface area contributed by atoms with Gasteiger partial charge >= 0.3 is 0 Å². The van der Waals surface area contributed by atoms with Crippen molar-refractivity contribution in [2.75, 3.05) is 9.80 Å². The van der Waals surface area contributed by atoms with Crippen LogP contribution in [0.25, 0.3) is 63.0 Å². The van der Waals surface area contributed by atoms with Gasteiger partial charge in [0.25, 0.3) is 0 Å². The minimum atomic E-state index is -1.02. The minimum absolute atomic E-state index is 0.822. The molecule has 0 saturated carbocycles. The van der Waals surface area contributed by atoms with Gasteiger partial charge in [-0.1, -0.05) is 170 Å². The van der Waals surface area contributed by atoms with E-state index >= 15 is 0 Å². The molecule has 0 bridgehead atoms. The van der Waals surface area contributed by atoms with Gasteiger partial charge in [-0.05, 0) is 107 Å². The highest BCUT2D eigenvalue weighted by Gasteiger charge is 2.63. The summed E-state index contributed by atoms with van der Waals surface area (Å²) in [5, 5.41) is 4.95. The largest absolute Gasteiger partial charge is 0.459 e. The average molecular weight is 1010 g/mol. The first-order valence-electron chi connectivity index (χ1n) is 25.9. The monoisotopic (exact) mass is 1010 g/mol. The molecule has 1 aliphatic carbocycles. The van der Waals surface area contributed by atoms with Crippen molar-refractivity contribution in [2.45, 2.75) is 10.8 Å². The highest BCUT2D eigenvalue weighted by molar-refractivity contribution is 7.26. The van der Waals surface area contributed by atoms with E-state index in [2.05, 4.69) is 265 Å². The molecule has 0 unspecified atom stereocenters. The Morgan fingerprint density at radius 3 is 1.01 bits per heavy atom. The summed E-state index contributed by atoms with van der Waals surface area (Å²) >= 11 is 3.67. The third kappa shape index (κ3) is 5.41. The Kier molecular flexibility index (Phi) is 8.70. The van der Waals surface area contributed by atoms with Crippen molar-refractivity contribution >= 4 is 97.1 Å². The molecule has 4 nitrogen and oxygen atoms in total. The third-order valence-corrected chi connectivity index (χ3v) is 19.0. The summed E-state index contributed by atoms with van der Waals surface area (Å²) in [5.74, 6) is 3.40. The number of benzene rings is 10. The number of nitrogens with zero attached hydrogens (tertiary/aromatic N) is 2. The zero-order valence-electron chi connectivity index (χ0n) is 40.8. The first-order valence-corrected chi connectivity index (χ1v) is 27.5. The van der Waals surface area contributed by atoms with Crippen molar-refractivity contribution in [3.8, 4) is 22.6 Å². The molecule has 14 aromatic rings. The molecule has 17 rings (SSSR count). The smallest absolute Gasteiger partial charge is 0.136 e.